The fourth-order valence-corrected chi connectivity index (χ4v) is 3.86. The molecule has 2 aromatic carbocycles. The zero-order valence-corrected chi connectivity index (χ0v) is 20.2. The fourth-order valence-electron chi connectivity index (χ4n) is 2.60. The van der Waals surface area contributed by atoms with Crippen molar-refractivity contribution in [2.45, 2.75) is 51.0 Å². The number of hydrogen-bond donors (Lipinski definition) is 3. The van der Waals surface area contributed by atoms with Crippen LogP contribution in [0.15, 0.2) is 47.4 Å². The first-order valence-corrected chi connectivity index (χ1v) is 11.8. The van der Waals surface area contributed by atoms with Gasteiger partial charge in [0.05, 0.1) is 22.3 Å². The molecule has 0 fully saturated rings. The zero-order valence-electron chi connectivity index (χ0n) is 18.7. The molecule has 0 heterocycles. The highest BCUT2D eigenvalue weighted by Crippen LogP contribution is 2.26. The summed E-state index contributed by atoms with van der Waals surface area (Å²) < 4.78 is 33.3. The highest BCUT2D eigenvalue weighted by Gasteiger charge is 2.21. The van der Waals surface area contributed by atoms with Gasteiger partial charge in [-0.3, -0.25) is 25.2 Å². The van der Waals surface area contributed by atoms with E-state index >= 15 is 0 Å². The molecule has 0 aliphatic carbocycles. The van der Waals surface area contributed by atoms with Crippen LogP contribution in [0.4, 0.5) is 5.69 Å². The number of hydrogen-bond acceptors (Lipinski definition) is 5. The minimum absolute atomic E-state index is 0.0134. The third-order valence-corrected chi connectivity index (χ3v) is 5.98. The second-order valence-electron chi connectivity index (χ2n) is 8.43. The van der Waals surface area contributed by atoms with Crippen molar-refractivity contribution in [2.75, 3.05) is 11.3 Å². The number of amides is 2. The smallest absolute Gasteiger partial charge is 0.271 e. The number of anilines is 1. The largest absolute Gasteiger partial charge is 0.369 e. The average Bonchev–Trinajstić information content (AvgIpc) is 2.71. The van der Waals surface area contributed by atoms with Crippen molar-refractivity contribution in [2.24, 2.45) is 0 Å². The van der Waals surface area contributed by atoms with Crippen molar-refractivity contribution in [1.29, 1.82) is 0 Å². The molecule has 0 saturated heterocycles. The van der Waals surface area contributed by atoms with Gasteiger partial charge in [0.25, 0.3) is 21.8 Å². The molecular weight excluding hydrogens is 454 g/mol. The first kappa shape index (κ1) is 25.6. The van der Waals surface area contributed by atoms with Crippen molar-refractivity contribution in [3.05, 3.63) is 58.6 Å². The predicted molar refractivity (Wildman–Crippen MR) is 124 cm³/mol. The van der Waals surface area contributed by atoms with E-state index in [1.165, 1.54) is 30.3 Å². The summed E-state index contributed by atoms with van der Waals surface area (Å²) in [5, 5.41) is 0.224. The maximum absolute atomic E-state index is 12.9. The van der Waals surface area contributed by atoms with Gasteiger partial charge in [0.1, 0.15) is 6.61 Å². The Hall–Kier alpha value is -2.62. The van der Waals surface area contributed by atoms with Gasteiger partial charge in [-0.2, -0.15) is 0 Å². The summed E-state index contributed by atoms with van der Waals surface area (Å²) in [5.74, 6) is -1.30. The van der Waals surface area contributed by atoms with E-state index in [0.29, 0.717) is 0 Å². The van der Waals surface area contributed by atoms with Crippen LogP contribution in [0.3, 0.4) is 0 Å². The van der Waals surface area contributed by atoms with Crippen LogP contribution < -0.4 is 15.6 Å². The SMILES string of the molecule is CC(C)OCC(=O)NNC(=O)c1cc(Cl)ccc1NS(=O)(=O)c1ccc(C(C)(C)C)cc1. The Morgan fingerprint density at radius 3 is 2.22 bits per heavy atom. The maximum Gasteiger partial charge on any atom is 0.271 e. The standard InChI is InChI=1S/C22H28ClN3O5S/c1-14(2)31-13-20(27)24-25-21(28)18-12-16(23)8-11-19(18)26-32(29,30)17-9-6-15(7-10-17)22(3,4)5/h6-12,14,26H,13H2,1-5H3,(H,24,27)(H,25,28). The summed E-state index contributed by atoms with van der Waals surface area (Å²) in [5.41, 5.74) is 5.26. The van der Waals surface area contributed by atoms with Crippen LogP contribution in [0, 0.1) is 0 Å². The highest BCUT2D eigenvalue weighted by atomic mass is 35.5. The van der Waals surface area contributed by atoms with Crippen LogP contribution >= 0.6 is 11.6 Å². The molecule has 32 heavy (non-hydrogen) atoms. The van der Waals surface area contributed by atoms with Gasteiger partial charge in [-0.05, 0) is 55.2 Å². The molecule has 0 aliphatic heterocycles. The molecule has 0 aliphatic rings. The molecule has 0 saturated carbocycles. The number of benzene rings is 2. The van der Waals surface area contributed by atoms with E-state index in [4.69, 9.17) is 16.3 Å². The molecule has 0 atom stereocenters. The van der Waals surface area contributed by atoms with Gasteiger partial charge in [-0.15, -0.1) is 0 Å². The molecule has 174 valence electrons. The maximum atomic E-state index is 12.9. The Morgan fingerprint density at radius 2 is 1.66 bits per heavy atom. The number of carbonyl (C=O) groups excluding carboxylic acids is 2. The zero-order chi connectivity index (χ0) is 24.1. The summed E-state index contributed by atoms with van der Waals surface area (Å²) in [6.07, 6.45) is -0.150. The lowest BCUT2D eigenvalue weighted by atomic mass is 9.87. The molecule has 2 amide bonds. The van der Waals surface area contributed by atoms with Crippen LogP contribution in [0.2, 0.25) is 5.02 Å². The Bertz CT molecular complexity index is 1080. The molecule has 0 bridgehead atoms. The molecule has 10 heteroatoms. The number of sulfonamides is 1. The lowest BCUT2D eigenvalue weighted by Gasteiger charge is -2.19. The fraction of sp³-hybridized carbons (Fsp3) is 0.364. The summed E-state index contributed by atoms with van der Waals surface area (Å²) in [6.45, 7) is 9.39. The van der Waals surface area contributed by atoms with Gasteiger partial charge >= 0.3 is 0 Å². The van der Waals surface area contributed by atoms with Crippen molar-refractivity contribution >= 4 is 39.1 Å². The monoisotopic (exact) mass is 481 g/mol. The minimum Gasteiger partial charge on any atom is -0.369 e. The first-order chi connectivity index (χ1) is 14.8. The Morgan fingerprint density at radius 1 is 1.03 bits per heavy atom. The highest BCUT2D eigenvalue weighted by molar-refractivity contribution is 7.92. The van der Waals surface area contributed by atoms with E-state index in [-0.39, 0.29) is 39.3 Å². The van der Waals surface area contributed by atoms with Crippen LogP contribution in [-0.4, -0.2) is 32.9 Å². The lowest BCUT2D eigenvalue weighted by Crippen LogP contribution is -2.43. The molecule has 8 nitrogen and oxygen atoms in total. The van der Waals surface area contributed by atoms with Gasteiger partial charge < -0.3 is 4.74 Å². The van der Waals surface area contributed by atoms with Crippen LogP contribution in [0.1, 0.15) is 50.5 Å². The van der Waals surface area contributed by atoms with Gasteiger partial charge in [0.15, 0.2) is 0 Å². The summed E-state index contributed by atoms with van der Waals surface area (Å²) in [7, 11) is -3.97. The van der Waals surface area contributed by atoms with E-state index in [0.717, 1.165) is 5.56 Å². The third-order valence-electron chi connectivity index (χ3n) is 4.36. The first-order valence-electron chi connectivity index (χ1n) is 9.93. The summed E-state index contributed by atoms with van der Waals surface area (Å²) in [4.78, 5) is 24.4. The van der Waals surface area contributed by atoms with E-state index in [1.807, 2.05) is 20.8 Å². The second kappa shape index (κ2) is 10.3. The van der Waals surface area contributed by atoms with Crippen LogP contribution in [0.25, 0.3) is 0 Å². The van der Waals surface area contributed by atoms with Gasteiger partial charge in [-0.1, -0.05) is 44.5 Å². The molecule has 3 N–H and O–H groups in total. The Kier molecular flexibility index (Phi) is 8.28. The summed E-state index contributed by atoms with van der Waals surface area (Å²) >= 11 is 5.99. The number of nitrogens with one attached hydrogen (secondary N) is 3. The third kappa shape index (κ3) is 7.22. The van der Waals surface area contributed by atoms with E-state index in [1.54, 1.807) is 26.0 Å². The minimum atomic E-state index is -3.97. The average molecular weight is 482 g/mol. The Labute approximate surface area is 193 Å². The molecule has 0 aromatic heterocycles. The number of rotatable bonds is 7. The molecule has 2 rings (SSSR count). The quantitative estimate of drug-likeness (QED) is 0.522. The van der Waals surface area contributed by atoms with Gasteiger partial charge in [-0.25, -0.2) is 8.42 Å². The number of hydrazine groups is 1. The van der Waals surface area contributed by atoms with Crippen molar-refractivity contribution < 1.29 is 22.7 Å². The molecule has 0 radical (unpaired) electrons. The van der Waals surface area contributed by atoms with Crippen LogP contribution in [-0.2, 0) is 25.0 Å². The van der Waals surface area contributed by atoms with Gasteiger partial charge in [0.2, 0.25) is 0 Å². The van der Waals surface area contributed by atoms with Gasteiger partial charge in [0, 0.05) is 5.02 Å². The molecular formula is C22H28ClN3O5S. The van der Waals surface area contributed by atoms with E-state index in [2.05, 4.69) is 15.6 Å². The van der Waals surface area contributed by atoms with Crippen LogP contribution in [0.5, 0.6) is 0 Å². The number of ether oxygens (including phenoxy) is 1. The van der Waals surface area contributed by atoms with E-state index < -0.39 is 21.8 Å². The molecule has 0 unspecified atom stereocenters. The Balaban J connectivity index is 2.20. The lowest BCUT2D eigenvalue weighted by molar-refractivity contribution is -0.127. The summed E-state index contributed by atoms with van der Waals surface area (Å²) in [6, 6.07) is 10.6. The van der Waals surface area contributed by atoms with E-state index in [9.17, 15) is 18.0 Å². The van der Waals surface area contributed by atoms with Crippen molar-refractivity contribution in [3.63, 3.8) is 0 Å². The number of carbonyl (C=O) groups is 2. The van der Waals surface area contributed by atoms with Crippen molar-refractivity contribution in [3.8, 4) is 0 Å². The second-order valence-corrected chi connectivity index (χ2v) is 10.6. The molecule has 0 spiro atoms. The predicted octanol–water partition coefficient (Wildman–Crippen LogP) is 3.62. The van der Waals surface area contributed by atoms with Crippen molar-refractivity contribution in [1.82, 2.24) is 10.9 Å². The molecule has 2 aromatic rings. The topological polar surface area (TPSA) is 114 Å². The number of halogens is 1. The normalized spacial score (nSPS) is 11.8.